The second kappa shape index (κ2) is 13.3. The summed E-state index contributed by atoms with van der Waals surface area (Å²) in [7, 11) is -0.930. The molecule has 2 rings (SSSR count). The van der Waals surface area contributed by atoms with Gasteiger partial charge >= 0.3 is 0 Å². The molecular weight excluding hydrogens is 494 g/mol. The number of anilines is 1. The number of benzene rings is 2. The minimum atomic E-state index is -3.86. The van der Waals surface area contributed by atoms with Gasteiger partial charge in [0.25, 0.3) is 0 Å². The van der Waals surface area contributed by atoms with E-state index in [1.165, 1.54) is 25.2 Å². The minimum Gasteiger partial charge on any atom is -0.493 e. The zero-order valence-corrected chi connectivity index (χ0v) is 23.6. The van der Waals surface area contributed by atoms with Gasteiger partial charge in [0.05, 0.1) is 26.2 Å². The second-order valence-electron chi connectivity index (χ2n) is 9.32. The maximum atomic E-state index is 13.8. The van der Waals surface area contributed by atoms with E-state index < -0.39 is 28.5 Å². The van der Waals surface area contributed by atoms with Crippen molar-refractivity contribution in [1.29, 1.82) is 0 Å². The minimum absolute atomic E-state index is 0.169. The van der Waals surface area contributed by atoms with E-state index in [9.17, 15) is 18.0 Å². The molecule has 0 fully saturated rings. The molecule has 2 aromatic carbocycles. The van der Waals surface area contributed by atoms with Gasteiger partial charge in [-0.3, -0.25) is 13.9 Å². The van der Waals surface area contributed by atoms with Crippen LogP contribution >= 0.6 is 0 Å². The van der Waals surface area contributed by atoms with Crippen molar-refractivity contribution in [2.45, 2.75) is 46.7 Å². The molecule has 0 aliphatic heterocycles. The van der Waals surface area contributed by atoms with Crippen molar-refractivity contribution in [2.24, 2.45) is 5.92 Å². The van der Waals surface area contributed by atoms with Crippen LogP contribution < -0.4 is 19.1 Å². The summed E-state index contributed by atoms with van der Waals surface area (Å²) < 4.78 is 37.2. The third kappa shape index (κ3) is 8.11. The Bertz CT molecular complexity index is 1180. The first-order valence-corrected chi connectivity index (χ1v) is 14.1. The van der Waals surface area contributed by atoms with E-state index in [0.717, 1.165) is 21.7 Å². The SMILES string of the molecule is CC[C@@H](C(=O)NCC(C)C)N(Cc1ccccc1C)C(=O)CN(c1ccc(OC)c(OC)c1)S(C)(=O)=O. The van der Waals surface area contributed by atoms with Gasteiger partial charge in [-0.1, -0.05) is 45.0 Å². The molecule has 2 aromatic rings. The molecule has 1 atom stereocenters. The number of nitrogens with zero attached hydrogens (tertiary/aromatic N) is 2. The second-order valence-corrected chi connectivity index (χ2v) is 11.2. The molecule has 0 spiro atoms. The summed E-state index contributed by atoms with van der Waals surface area (Å²) in [5.74, 6) is 0.246. The Kier molecular flexibility index (Phi) is 10.8. The van der Waals surface area contributed by atoms with Crippen LogP contribution in [-0.2, 0) is 26.2 Å². The number of hydrogen-bond acceptors (Lipinski definition) is 6. The van der Waals surface area contributed by atoms with Crippen molar-refractivity contribution in [3.8, 4) is 11.5 Å². The molecule has 204 valence electrons. The van der Waals surface area contributed by atoms with Gasteiger partial charge in [0, 0.05) is 19.2 Å². The average Bonchev–Trinajstić information content (AvgIpc) is 2.85. The van der Waals surface area contributed by atoms with Gasteiger partial charge in [0.2, 0.25) is 21.8 Å². The topological polar surface area (TPSA) is 105 Å². The van der Waals surface area contributed by atoms with Gasteiger partial charge < -0.3 is 19.7 Å². The lowest BCUT2D eigenvalue weighted by atomic mass is 10.1. The summed E-state index contributed by atoms with van der Waals surface area (Å²) in [6.45, 7) is 7.92. The molecule has 0 heterocycles. The number of carbonyl (C=O) groups excluding carboxylic acids is 2. The van der Waals surface area contributed by atoms with Crippen molar-refractivity contribution < 1.29 is 27.5 Å². The van der Waals surface area contributed by atoms with Crippen molar-refractivity contribution in [2.75, 3.05) is 37.9 Å². The molecule has 0 radical (unpaired) electrons. The van der Waals surface area contributed by atoms with Crippen molar-refractivity contribution in [3.63, 3.8) is 0 Å². The lowest BCUT2D eigenvalue weighted by Crippen LogP contribution is -2.52. The van der Waals surface area contributed by atoms with Crippen LogP contribution in [0.5, 0.6) is 11.5 Å². The molecule has 0 aromatic heterocycles. The third-order valence-electron chi connectivity index (χ3n) is 6.01. The average molecular weight is 534 g/mol. The molecule has 0 aliphatic carbocycles. The summed E-state index contributed by atoms with van der Waals surface area (Å²) in [4.78, 5) is 28.4. The quantitative estimate of drug-likeness (QED) is 0.423. The van der Waals surface area contributed by atoms with Crippen molar-refractivity contribution in [1.82, 2.24) is 10.2 Å². The Morgan fingerprint density at radius 1 is 1.03 bits per heavy atom. The van der Waals surface area contributed by atoms with E-state index >= 15 is 0 Å². The summed E-state index contributed by atoms with van der Waals surface area (Å²) in [5, 5.41) is 2.92. The van der Waals surface area contributed by atoms with E-state index in [1.54, 1.807) is 12.1 Å². The summed E-state index contributed by atoms with van der Waals surface area (Å²) in [6, 6.07) is 11.5. The van der Waals surface area contributed by atoms with Crippen LogP contribution in [0.15, 0.2) is 42.5 Å². The first-order valence-electron chi connectivity index (χ1n) is 12.2. The molecule has 0 bridgehead atoms. The molecule has 1 N–H and O–H groups in total. The third-order valence-corrected chi connectivity index (χ3v) is 7.15. The number of carbonyl (C=O) groups is 2. The number of nitrogens with one attached hydrogen (secondary N) is 1. The maximum Gasteiger partial charge on any atom is 0.244 e. The summed E-state index contributed by atoms with van der Waals surface area (Å²) in [5.41, 5.74) is 2.10. The Hall–Kier alpha value is -3.27. The molecule has 0 unspecified atom stereocenters. The summed E-state index contributed by atoms with van der Waals surface area (Å²) in [6.07, 6.45) is 1.41. The standard InChI is InChI=1S/C27H39N3O6S/c1-8-23(27(32)28-16-19(2)3)29(17-21-12-10-9-11-20(21)4)26(31)18-30(37(7,33)34)22-13-14-24(35-5)25(15-22)36-6/h9-15,19,23H,8,16-18H2,1-7H3,(H,28,32)/t23-/m0/s1. The molecule has 2 amide bonds. The fourth-order valence-electron chi connectivity index (χ4n) is 3.91. The molecule has 0 aliphatic rings. The van der Waals surface area contributed by atoms with Crippen LogP contribution in [-0.4, -0.2) is 64.7 Å². The van der Waals surface area contributed by atoms with E-state index in [0.29, 0.717) is 24.5 Å². The zero-order valence-electron chi connectivity index (χ0n) is 22.8. The zero-order chi connectivity index (χ0) is 27.8. The fraction of sp³-hybridized carbons (Fsp3) is 0.481. The van der Waals surface area contributed by atoms with Crippen molar-refractivity contribution >= 4 is 27.5 Å². The van der Waals surface area contributed by atoms with Crippen LogP contribution in [0.25, 0.3) is 0 Å². The number of methoxy groups -OCH3 is 2. The first-order chi connectivity index (χ1) is 17.4. The molecule has 10 heteroatoms. The molecular formula is C27H39N3O6S. The van der Waals surface area contributed by atoms with Crippen LogP contribution in [0.2, 0.25) is 0 Å². The maximum absolute atomic E-state index is 13.8. The largest absolute Gasteiger partial charge is 0.493 e. The van der Waals surface area contributed by atoms with Crippen LogP contribution in [0.1, 0.15) is 38.3 Å². The lowest BCUT2D eigenvalue weighted by molar-refractivity contribution is -0.140. The van der Waals surface area contributed by atoms with Crippen LogP contribution in [0.3, 0.4) is 0 Å². The highest BCUT2D eigenvalue weighted by atomic mass is 32.2. The Labute approximate surface area is 220 Å². The Morgan fingerprint density at radius 3 is 2.22 bits per heavy atom. The molecule has 9 nitrogen and oxygen atoms in total. The number of hydrogen-bond donors (Lipinski definition) is 1. The first kappa shape index (κ1) is 30.0. The van der Waals surface area contributed by atoms with E-state index in [-0.39, 0.29) is 24.1 Å². The van der Waals surface area contributed by atoms with Gasteiger partial charge in [-0.15, -0.1) is 0 Å². The molecule has 37 heavy (non-hydrogen) atoms. The van der Waals surface area contributed by atoms with E-state index in [1.807, 2.05) is 52.0 Å². The van der Waals surface area contributed by atoms with Gasteiger partial charge in [0.15, 0.2) is 11.5 Å². The predicted molar refractivity (Wildman–Crippen MR) is 145 cm³/mol. The van der Waals surface area contributed by atoms with Gasteiger partial charge in [-0.2, -0.15) is 0 Å². The van der Waals surface area contributed by atoms with Gasteiger partial charge in [0.1, 0.15) is 12.6 Å². The predicted octanol–water partition coefficient (Wildman–Crippen LogP) is 3.36. The molecule has 0 saturated carbocycles. The number of aryl methyl sites for hydroxylation is 1. The van der Waals surface area contributed by atoms with Crippen molar-refractivity contribution in [3.05, 3.63) is 53.6 Å². The van der Waals surface area contributed by atoms with Gasteiger partial charge in [-0.05, 0) is 42.5 Å². The fourth-order valence-corrected chi connectivity index (χ4v) is 4.75. The number of ether oxygens (including phenoxy) is 2. The Balaban J connectivity index is 2.48. The van der Waals surface area contributed by atoms with Crippen LogP contribution in [0.4, 0.5) is 5.69 Å². The summed E-state index contributed by atoms with van der Waals surface area (Å²) >= 11 is 0. The normalized spacial score (nSPS) is 12.1. The van der Waals surface area contributed by atoms with Crippen LogP contribution in [0, 0.1) is 12.8 Å². The smallest absolute Gasteiger partial charge is 0.244 e. The molecule has 0 saturated heterocycles. The highest BCUT2D eigenvalue weighted by Gasteiger charge is 2.32. The highest BCUT2D eigenvalue weighted by Crippen LogP contribution is 2.32. The van der Waals surface area contributed by atoms with E-state index in [2.05, 4.69) is 5.32 Å². The monoisotopic (exact) mass is 533 g/mol. The number of amides is 2. The van der Waals surface area contributed by atoms with E-state index in [4.69, 9.17) is 9.47 Å². The number of rotatable bonds is 13. The lowest BCUT2D eigenvalue weighted by Gasteiger charge is -2.33. The number of sulfonamides is 1. The highest BCUT2D eigenvalue weighted by molar-refractivity contribution is 7.92. The van der Waals surface area contributed by atoms with Gasteiger partial charge in [-0.25, -0.2) is 8.42 Å². The Morgan fingerprint density at radius 2 is 1.68 bits per heavy atom.